The summed E-state index contributed by atoms with van der Waals surface area (Å²) in [6.45, 7) is 8.09. The summed E-state index contributed by atoms with van der Waals surface area (Å²) in [7, 11) is 0. The Morgan fingerprint density at radius 2 is 2.09 bits per heavy atom. The maximum atomic E-state index is 5.57. The van der Waals surface area contributed by atoms with Gasteiger partial charge in [0.2, 0.25) is 0 Å². The van der Waals surface area contributed by atoms with Gasteiger partial charge >= 0.3 is 0 Å². The minimum atomic E-state index is 0.652. The molecule has 0 atom stereocenters. The first-order valence-electron chi connectivity index (χ1n) is 4.06. The zero-order valence-electron chi connectivity index (χ0n) is 7.52. The molecule has 0 saturated heterocycles. The molecular weight excluding hydrogens is 136 g/mol. The summed E-state index contributed by atoms with van der Waals surface area (Å²) in [4.78, 5) is 0. The molecule has 0 bridgehead atoms. The first kappa shape index (κ1) is 8.34. The maximum absolute atomic E-state index is 5.57. The lowest BCUT2D eigenvalue weighted by Gasteiger charge is -2.04. The third-order valence-electron chi connectivity index (χ3n) is 2.21. The fourth-order valence-corrected chi connectivity index (χ4v) is 1.57. The predicted octanol–water partition coefficient (Wildman–Crippen LogP) is 1.58. The number of aromatic nitrogens is 1. The molecule has 0 saturated carbocycles. The first-order valence-corrected chi connectivity index (χ1v) is 4.06. The molecule has 2 heteroatoms. The molecule has 0 aliphatic heterocycles. The summed E-state index contributed by atoms with van der Waals surface area (Å²) >= 11 is 0. The van der Waals surface area contributed by atoms with Gasteiger partial charge in [-0.1, -0.05) is 0 Å². The third kappa shape index (κ3) is 1.31. The topological polar surface area (TPSA) is 30.9 Å². The van der Waals surface area contributed by atoms with Crippen molar-refractivity contribution in [2.45, 2.75) is 33.9 Å². The van der Waals surface area contributed by atoms with Crippen LogP contribution >= 0.6 is 0 Å². The van der Waals surface area contributed by atoms with Crippen LogP contribution in [0.15, 0.2) is 6.07 Å². The molecule has 1 aromatic rings. The first-order chi connectivity index (χ1) is 5.20. The second-order valence-corrected chi connectivity index (χ2v) is 2.84. The zero-order chi connectivity index (χ0) is 8.43. The van der Waals surface area contributed by atoms with Gasteiger partial charge in [-0.3, -0.25) is 0 Å². The predicted molar refractivity (Wildman–Crippen MR) is 47.5 cm³/mol. The van der Waals surface area contributed by atoms with Crippen molar-refractivity contribution in [2.75, 3.05) is 0 Å². The Bertz CT molecular complexity index is 248. The lowest BCUT2D eigenvalue weighted by Crippen LogP contribution is -2.01. The number of hydrogen-bond donors (Lipinski definition) is 1. The van der Waals surface area contributed by atoms with Crippen LogP contribution in [0, 0.1) is 13.8 Å². The van der Waals surface area contributed by atoms with E-state index in [1.165, 1.54) is 17.0 Å². The number of hydrogen-bond acceptors (Lipinski definition) is 1. The third-order valence-corrected chi connectivity index (χ3v) is 2.21. The van der Waals surface area contributed by atoms with Gasteiger partial charge in [-0.15, -0.1) is 0 Å². The summed E-state index contributed by atoms with van der Waals surface area (Å²) in [5.41, 5.74) is 9.47. The van der Waals surface area contributed by atoms with Crippen molar-refractivity contribution in [3.05, 3.63) is 23.0 Å². The van der Waals surface area contributed by atoms with Crippen molar-refractivity contribution in [1.29, 1.82) is 0 Å². The fourth-order valence-electron chi connectivity index (χ4n) is 1.57. The average Bonchev–Trinajstić information content (AvgIpc) is 2.26. The molecule has 11 heavy (non-hydrogen) atoms. The van der Waals surface area contributed by atoms with Gasteiger partial charge in [-0.25, -0.2) is 0 Å². The SMILES string of the molecule is CCn1c(C)cc(CN)c1C. The lowest BCUT2D eigenvalue weighted by molar-refractivity contribution is 0.714. The second kappa shape index (κ2) is 3.09. The van der Waals surface area contributed by atoms with Gasteiger partial charge in [0.05, 0.1) is 0 Å². The Morgan fingerprint density at radius 3 is 2.36 bits per heavy atom. The van der Waals surface area contributed by atoms with Crippen molar-refractivity contribution in [1.82, 2.24) is 4.57 Å². The highest BCUT2D eigenvalue weighted by atomic mass is 15.0. The Morgan fingerprint density at radius 1 is 1.45 bits per heavy atom. The van der Waals surface area contributed by atoms with E-state index in [1.54, 1.807) is 0 Å². The van der Waals surface area contributed by atoms with Crippen molar-refractivity contribution in [3.63, 3.8) is 0 Å². The van der Waals surface area contributed by atoms with Crippen LogP contribution in [0.3, 0.4) is 0 Å². The van der Waals surface area contributed by atoms with E-state index in [4.69, 9.17) is 5.73 Å². The van der Waals surface area contributed by atoms with Crippen molar-refractivity contribution in [2.24, 2.45) is 5.73 Å². The Balaban J connectivity index is 3.14. The Labute approximate surface area is 68.0 Å². The van der Waals surface area contributed by atoms with E-state index in [2.05, 4.69) is 31.4 Å². The van der Waals surface area contributed by atoms with Gasteiger partial charge in [0, 0.05) is 24.5 Å². The summed E-state index contributed by atoms with van der Waals surface area (Å²) in [6.07, 6.45) is 0. The maximum Gasteiger partial charge on any atom is 0.0196 e. The molecule has 62 valence electrons. The van der Waals surface area contributed by atoms with E-state index in [1.807, 2.05) is 0 Å². The van der Waals surface area contributed by atoms with Crippen LogP contribution in [0.25, 0.3) is 0 Å². The molecule has 0 spiro atoms. The summed E-state index contributed by atoms with van der Waals surface area (Å²) in [6, 6.07) is 2.17. The molecule has 2 nitrogen and oxygen atoms in total. The quantitative estimate of drug-likeness (QED) is 0.685. The van der Waals surface area contributed by atoms with E-state index in [0.717, 1.165) is 6.54 Å². The van der Waals surface area contributed by atoms with Crippen LogP contribution in [-0.2, 0) is 13.1 Å². The molecular formula is C9H16N2. The molecule has 0 unspecified atom stereocenters. The Hall–Kier alpha value is -0.760. The zero-order valence-corrected chi connectivity index (χ0v) is 7.52. The van der Waals surface area contributed by atoms with E-state index in [-0.39, 0.29) is 0 Å². The molecule has 0 aliphatic carbocycles. The van der Waals surface area contributed by atoms with Crippen LogP contribution in [0.1, 0.15) is 23.9 Å². The molecule has 0 fully saturated rings. The van der Waals surface area contributed by atoms with Gasteiger partial charge in [0.1, 0.15) is 0 Å². The van der Waals surface area contributed by atoms with Gasteiger partial charge in [0.25, 0.3) is 0 Å². The number of nitrogens with two attached hydrogens (primary N) is 1. The van der Waals surface area contributed by atoms with E-state index < -0.39 is 0 Å². The minimum absolute atomic E-state index is 0.652. The summed E-state index contributed by atoms with van der Waals surface area (Å²) in [5.74, 6) is 0. The standard InChI is InChI=1S/C9H16N2/c1-4-11-7(2)5-9(6-10)8(11)3/h5H,4,6,10H2,1-3H3. The number of nitrogens with zero attached hydrogens (tertiary/aromatic N) is 1. The van der Waals surface area contributed by atoms with Crippen LogP contribution < -0.4 is 5.73 Å². The molecule has 1 rings (SSSR count). The van der Waals surface area contributed by atoms with Gasteiger partial charge < -0.3 is 10.3 Å². The van der Waals surface area contributed by atoms with Crippen LogP contribution in [0.5, 0.6) is 0 Å². The van der Waals surface area contributed by atoms with E-state index in [9.17, 15) is 0 Å². The minimum Gasteiger partial charge on any atom is -0.349 e. The second-order valence-electron chi connectivity index (χ2n) is 2.84. The van der Waals surface area contributed by atoms with E-state index in [0.29, 0.717) is 6.54 Å². The summed E-state index contributed by atoms with van der Waals surface area (Å²) < 4.78 is 2.28. The average molecular weight is 152 g/mol. The molecule has 1 heterocycles. The number of aryl methyl sites for hydroxylation is 1. The molecule has 0 aromatic carbocycles. The van der Waals surface area contributed by atoms with Gasteiger partial charge in [0.15, 0.2) is 0 Å². The van der Waals surface area contributed by atoms with Crippen LogP contribution in [0.2, 0.25) is 0 Å². The largest absolute Gasteiger partial charge is 0.349 e. The van der Waals surface area contributed by atoms with Gasteiger partial charge in [-0.05, 0) is 32.4 Å². The highest BCUT2D eigenvalue weighted by molar-refractivity contribution is 5.26. The molecule has 0 radical (unpaired) electrons. The van der Waals surface area contributed by atoms with Crippen LogP contribution in [-0.4, -0.2) is 4.57 Å². The van der Waals surface area contributed by atoms with Crippen molar-refractivity contribution in [3.8, 4) is 0 Å². The van der Waals surface area contributed by atoms with E-state index >= 15 is 0 Å². The highest BCUT2D eigenvalue weighted by Gasteiger charge is 2.04. The molecule has 1 aromatic heterocycles. The lowest BCUT2D eigenvalue weighted by atomic mass is 10.2. The summed E-state index contributed by atoms with van der Waals surface area (Å²) in [5, 5.41) is 0. The number of rotatable bonds is 2. The monoisotopic (exact) mass is 152 g/mol. The van der Waals surface area contributed by atoms with Crippen LogP contribution in [0.4, 0.5) is 0 Å². The normalized spacial score (nSPS) is 10.5. The van der Waals surface area contributed by atoms with Gasteiger partial charge in [-0.2, -0.15) is 0 Å². The smallest absolute Gasteiger partial charge is 0.0196 e. The molecule has 0 aliphatic rings. The fraction of sp³-hybridized carbons (Fsp3) is 0.556. The Kier molecular flexibility index (Phi) is 2.35. The van der Waals surface area contributed by atoms with Crippen molar-refractivity contribution >= 4 is 0 Å². The molecule has 2 N–H and O–H groups in total. The highest BCUT2D eigenvalue weighted by Crippen LogP contribution is 2.13. The molecule has 0 amide bonds. The van der Waals surface area contributed by atoms with Crippen molar-refractivity contribution < 1.29 is 0 Å².